The molecule has 0 heterocycles. The second kappa shape index (κ2) is 8.46. The third kappa shape index (κ3) is 6.82. The molecule has 0 N–H and O–H groups in total. The van der Waals surface area contributed by atoms with Crippen LogP contribution in [0.15, 0.2) is 12.1 Å². The van der Waals surface area contributed by atoms with E-state index >= 15 is 8.22 Å². The Bertz CT molecular complexity index is 760. The van der Waals surface area contributed by atoms with Crippen LogP contribution in [0.5, 0.6) is 0 Å². The van der Waals surface area contributed by atoms with Crippen molar-refractivity contribution in [2.24, 2.45) is 0 Å². The fourth-order valence-corrected chi connectivity index (χ4v) is 15.7. The van der Waals surface area contributed by atoms with Crippen LogP contribution in [-0.4, -0.2) is 37.0 Å². The first-order valence-corrected chi connectivity index (χ1v) is 19.3. The molecule has 0 aliphatic carbocycles. The van der Waals surface area contributed by atoms with E-state index in [0.717, 1.165) is 16.7 Å². The van der Waals surface area contributed by atoms with Crippen LogP contribution < -0.4 is 5.19 Å². The highest BCUT2D eigenvalue weighted by molar-refractivity contribution is 6.92. The largest absolute Gasteiger partial charge is 0.605 e. The van der Waals surface area contributed by atoms with E-state index in [2.05, 4.69) is 44.6 Å². The van der Waals surface area contributed by atoms with E-state index in [0.29, 0.717) is 0 Å². The predicted molar refractivity (Wildman–Crippen MR) is 140 cm³/mol. The zero-order valence-corrected chi connectivity index (χ0v) is 25.8. The van der Waals surface area contributed by atoms with Crippen LogP contribution in [0.1, 0.15) is 79.0 Å². The van der Waals surface area contributed by atoms with Crippen molar-refractivity contribution in [3.63, 3.8) is 0 Å². The van der Waals surface area contributed by atoms with Gasteiger partial charge in [0.05, 0.1) is 0 Å². The Morgan fingerprint density at radius 1 is 0.710 bits per heavy atom. The van der Waals surface area contributed by atoms with Crippen LogP contribution >= 0.6 is 0 Å². The molecule has 1 aromatic carbocycles. The number of benzene rings is 1. The lowest BCUT2D eigenvalue weighted by Gasteiger charge is -2.44. The molecule has 31 heavy (non-hydrogen) atoms. The van der Waals surface area contributed by atoms with Crippen molar-refractivity contribution in [1.29, 1.82) is 0 Å². The Labute approximate surface area is 194 Å². The molecule has 0 atom stereocenters. The maximum Gasteiger partial charge on any atom is 0.605 e. The monoisotopic (exact) mass is 487 g/mol. The van der Waals surface area contributed by atoms with Crippen molar-refractivity contribution >= 4 is 30.9 Å². The number of nitrogens with zero attached hydrogens (tertiary/aromatic N) is 1. The quantitative estimate of drug-likeness (QED) is 0.323. The van der Waals surface area contributed by atoms with E-state index < -0.39 is 36.5 Å². The van der Waals surface area contributed by atoms with Gasteiger partial charge in [0, 0.05) is 5.19 Å². The first-order valence-electron chi connectivity index (χ1n) is 11.3. The Morgan fingerprint density at radius 3 is 1.32 bits per heavy atom. The maximum atomic E-state index is 16.4. The van der Waals surface area contributed by atoms with E-state index in [1.54, 1.807) is 0 Å². The van der Waals surface area contributed by atoms with E-state index in [4.69, 9.17) is 4.12 Å². The van der Waals surface area contributed by atoms with Gasteiger partial charge in [-0.3, -0.25) is 0 Å². The number of hydrogen-bond acceptors (Lipinski definition) is 2. The molecule has 0 radical (unpaired) electrons. The van der Waals surface area contributed by atoms with Gasteiger partial charge in [-0.05, 0) is 53.1 Å². The summed E-state index contributed by atoms with van der Waals surface area (Å²) in [7, 11) is -7.77. The molecule has 1 aromatic rings. The van der Waals surface area contributed by atoms with Gasteiger partial charge in [0.15, 0.2) is 0 Å². The van der Waals surface area contributed by atoms with Crippen molar-refractivity contribution < 1.29 is 12.3 Å². The van der Waals surface area contributed by atoms with Gasteiger partial charge in [0.1, 0.15) is 8.24 Å². The zero-order valence-electron chi connectivity index (χ0n) is 22.8. The van der Waals surface area contributed by atoms with Gasteiger partial charge in [-0.25, -0.2) is 8.22 Å². The van der Waals surface area contributed by atoms with Crippen molar-refractivity contribution in [1.82, 2.24) is 4.23 Å². The summed E-state index contributed by atoms with van der Waals surface area (Å²) in [5, 5.41) is 0.199. The highest BCUT2D eigenvalue weighted by atomic mass is 28.5. The predicted octanol–water partition coefficient (Wildman–Crippen LogP) is 7.15. The van der Waals surface area contributed by atoms with Crippen LogP contribution in [0.4, 0.5) is 8.22 Å². The lowest BCUT2D eigenvalue weighted by atomic mass is 9.75. The molecule has 0 amide bonds. The van der Waals surface area contributed by atoms with Gasteiger partial charge >= 0.3 is 8.99 Å². The zero-order chi connectivity index (χ0) is 25.0. The van der Waals surface area contributed by atoms with E-state index in [1.165, 1.54) is 0 Å². The van der Waals surface area contributed by atoms with Crippen LogP contribution in [0, 0.1) is 0 Å². The molecular weight excluding hydrogens is 441 g/mol. The molecular formula is C24H47F2NOSi3. The summed E-state index contributed by atoms with van der Waals surface area (Å²) < 4.78 is 40.9. The van der Waals surface area contributed by atoms with Crippen LogP contribution in [0.2, 0.25) is 32.7 Å². The number of hydrogen-bond donors (Lipinski definition) is 0. The average molecular weight is 488 g/mol. The van der Waals surface area contributed by atoms with Gasteiger partial charge in [0.2, 0.25) is 0 Å². The number of halogens is 2. The molecule has 0 unspecified atom stereocenters. The summed E-state index contributed by atoms with van der Waals surface area (Å²) in [6, 6.07) is 4.04. The first-order chi connectivity index (χ1) is 13.3. The molecule has 0 aromatic heterocycles. The molecule has 0 aliphatic heterocycles. The van der Waals surface area contributed by atoms with E-state index in [9.17, 15) is 0 Å². The maximum absolute atomic E-state index is 16.4. The molecule has 0 bridgehead atoms. The molecule has 1 rings (SSSR count). The minimum atomic E-state index is -5.20. The topological polar surface area (TPSA) is 12.5 Å². The van der Waals surface area contributed by atoms with Gasteiger partial charge in [-0.2, -0.15) is 0 Å². The Morgan fingerprint density at radius 2 is 1.06 bits per heavy atom. The lowest BCUT2D eigenvalue weighted by Crippen LogP contribution is -2.65. The standard InChI is InChI=1S/C24H47F2NOSi3/c1-22(2,3)18-16-19(23(4,5)6)21(20(17-18)24(7,8)9)31(25,26)28-30(14,15)27(10)29(11,12)13/h16-17H,1-15H3. The van der Waals surface area contributed by atoms with Crippen LogP contribution in [0.25, 0.3) is 0 Å². The second-order valence-corrected chi connectivity index (χ2v) is 24.9. The van der Waals surface area contributed by atoms with Gasteiger partial charge < -0.3 is 8.35 Å². The van der Waals surface area contributed by atoms with Crippen molar-refractivity contribution in [3.05, 3.63) is 28.8 Å². The number of rotatable bonds is 5. The summed E-state index contributed by atoms with van der Waals surface area (Å²) >= 11 is 0. The normalized spacial score (nSPS) is 15.0. The highest BCUT2D eigenvalue weighted by Gasteiger charge is 2.54. The van der Waals surface area contributed by atoms with Crippen molar-refractivity contribution in [2.45, 2.75) is 111 Å². The molecule has 0 fully saturated rings. The third-order valence-electron chi connectivity index (χ3n) is 6.10. The van der Waals surface area contributed by atoms with Crippen molar-refractivity contribution in [2.75, 3.05) is 7.05 Å². The minimum Gasteiger partial charge on any atom is -0.393 e. The summed E-state index contributed by atoms with van der Waals surface area (Å²) in [6.45, 7) is 29.0. The smallest absolute Gasteiger partial charge is 0.393 e. The average Bonchev–Trinajstić information content (AvgIpc) is 2.48. The molecule has 180 valence electrons. The van der Waals surface area contributed by atoms with E-state index in [1.807, 2.05) is 73.8 Å². The van der Waals surface area contributed by atoms with Gasteiger partial charge in [-0.15, -0.1) is 0 Å². The molecule has 7 heteroatoms. The van der Waals surface area contributed by atoms with Gasteiger partial charge in [0.25, 0.3) is 8.48 Å². The summed E-state index contributed by atoms with van der Waals surface area (Å²) in [4.78, 5) is 0. The van der Waals surface area contributed by atoms with Crippen LogP contribution in [0.3, 0.4) is 0 Å². The molecule has 0 saturated carbocycles. The first kappa shape index (κ1) is 28.7. The molecule has 2 nitrogen and oxygen atoms in total. The Balaban J connectivity index is 3.91. The second-order valence-electron chi connectivity index (χ2n) is 13.5. The molecule has 0 saturated heterocycles. The molecule has 0 spiro atoms. The fourth-order valence-electron chi connectivity index (χ4n) is 3.81. The summed E-state index contributed by atoms with van der Waals surface area (Å²) in [5.74, 6) is 0. The third-order valence-corrected chi connectivity index (χ3v) is 17.5. The fraction of sp³-hybridized carbons (Fsp3) is 0.750. The van der Waals surface area contributed by atoms with Crippen molar-refractivity contribution in [3.8, 4) is 0 Å². The van der Waals surface area contributed by atoms with E-state index in [-0.39, 0.29) is 10.6 Å². The summed E-state index contributed by atoms with van der Waals surface area (Å²) in [5.41, 5.74) is 1.64. The lowest BCUT2D eigenvalue weighted by molar-refractivity contribution is 0.363. The highest BCUT2D eigenvalue weighted by Crippen LogP contribution is 2.36. The molecule has 0 aliphatic rings. The van der Waals surface area contributed by atoms with Gasteiger partial charge in [-0.1, -0.05) is 94.1 Å². The summed E-state index contributed by atoms with van der Waals surface area (Å²) in [6.07, 6.45) is 0. The van der Waals surface area contributed by atoms with Crippen LogP contribution in [-0.2, 0) is 20.4 Å². The Kier molecular flexibility index (Phi) is 7.82. The SMILES string of the molecule is CN([Si](C)(C)C)[Si](C)(C)O[Si](F)(F)c1c(C(C)(C)C)cc(C(C)(C)C)cc1C(C)(C)C. The Hall–Kier alpha value is -0.349. The minimum absolute atomic E-state index is 0.123.